The van der Waals surface area contributed by atoms with Crippen molar-refractivity contribution in [3.8, 4) is 22.9 Å². The Hall–Kier alpha value is -4.00. The summed E-state index contributed by atoms with van der Waals surface area (Å²) in [4.78, 5) is 17.3. The fraction of sp³-hybridized carbons (Fsp3) is 0.200. The van der Waals surface area contributed by atoms with E-state index in [0.29, 0.717) is 30.3 Å². The maximum Gasteiger partial charge on any atom is 0.319 e. The van der Waals surface area contributed by atoms with Gasteiger partial charge in [0.2, 0.25) is 0 Å². The van der Waals surface area contributed by atoms with Gasteiger partial charge in [-0.1, -0.05) is 42.0 Å². The number of amides is 2. The van der Waals surface area contributed by atoms with Crippen molar-refractivity contribution in [1.29, 1.82) is 0 Å². The van der Waals surface area contributed by atoms with Gasteiger partial charge < -0.3 is 24.7 Å². The van der Waals surface area contributed by atoms with Crippen molar-refractivity contribution in [3.05, 3.63) is 72.3 Å². The number of benzene rings is 3. The number of fused-ring (bicyclic) bond motifs is 1. The molecule has 32 heavy (non-hydrogen) atoms. The molecule has 0 bridgehead atoms. The summed E-state index contributed by atoms with van der Waals surface area (Å²) in [5.74, 6) is 2.07. The quantitative estimate of drug-likeness (QED) is 0.439. The van der Waals surface area contributed by atoms with Crippen LogP contribution in [0, 0.1) is 6.92 Å². The average Bonchev–Trinajstić information content (AvgIpc) is 3.18. The topological polar surface area (TPSA) is 77.4 Å². The number of carbonyl (C=O) groups excluding carboxylic acids is 1. The second-order valence-electron chi connectivity index (χ2n) is 7.39. The first-order valence-corrected chi connectivity index (χ1v) is 10.4. The fourth-order valence-electron chi connectivity index (χ4n) is 3.57. The van der Waals surface area contributed by atoms with Crippen molar-refractivity contribution in [2.45, 2.75) is 13.5 Å². The average molecular weight is 431 g/mol. The third kappa shape index (κ3) is 4.51. The van der Waals surface area contributed by atoms with Gasteiger partial charge in [0.25, 0.3) is 0 Å². The van der Waals surface area contributed by atoms with E-state index in [2.05, 4.69) is 46.4 Å². The van der Waals surface area contributed by atoms with E-state index in [4.69, 9.17) is 14.5 Å². The minimum atomic E-state index is -0.310. The molecule has 0 aliphatic heterocycles. The number of ether oxygens (including phenoxy) is 2. The highest BCUT2D eigenvalue weighted by Crippen LogP contribution is 2.29. The molecule has 7 nitrogen and oxygen atoms in total. The van der Waals surface area contributed by atoms with Crippen molar-refractivity contribution < 1.29 is 14.3 Å². The van der Waals surface area contributed by atoms with Crippen molar-refractivity contribution in [1.82, 2.24) is 14.9 Å². The Kier molecular flexibility index (Phi) is 6.26. The maximum atomic E-state index is 12.5. The highest BCUT2D eigenvalue weighted by molar-refractivity contribution is 5.91. The van der Waals surface area contributed by atoms with E-state index in [1.165, 1.54) is 5.56 Å². The largest absolute Gasteiger partial charge is 0.497 e. The number of anilines is 1. The molecule has 164 valence electrons. The zero-order valence-electron chi connectivity index (χ0n) is 18.4. The summed E-state index contributed by atoms with van der Waals surface area (Å²) in [6.07, 6.45) is 0. The molecule has 0 aliphatic rings. The molecular formula is C25H26N4O3. The molecule has 4 rings (SSSR count). The minimum Gasteiger partial charge on any atom is -0.497 e. The van der Waals surface area contributed by atoms with E-state index in [0.717, 1.165) is 22.4 Å². The lowest BCUT2D eigenvalue weighted by atomic mass is 10.1. The standard InChI is InChI=1S/C25H26N4O3/c1-17-8-10-18(11-9-17)24-27-20-6-4-5-7-22(20)29(24)15-14-26-25(30)28-21-13-12-19(31-2)16-23(21)32-3/h4-13,16H,14-15H2,1-3H3,(H2,26,28,30). The van der Waals surface area contributed by atoms with Gasteiger partial charge in [0.15, 0.2) is 0 Å². The van der Waals surface area contributed by atoms with Crippen molar-refractivity contribution in [2.24, 2.45) is 0 Å². The molecule has 1 heterocycles. The summed E-state index contributed by atoms with van der Waals surface area (Å²) < 4.78 is 12.7. The molecule has 0 atom stereocenters. The van der Waals surface area contributed by atoms with Gasteiger partial charge in [0.05, 0.1) is 30.9 Å². The van der Waals surface area contributed by atoms with Crippen LogP contribution in [0.2, 0.25) is 0 Å². The molecule has 0 unspecified atom stereocenters. The Morgan fingerprint density at radius 2 is 1.78 bits per heavy atom. The normalized spacial score (nSPS) is 10.7. The van der Waals surface area contributed by atoms with Gasteiger partial charge in [0, 0.05) is 24.7 Å². The lowest BCUT2D eigenvalue weighted by Crippen LogP contribution is -2.31. The fourth-order valence-corrected chi connectivity index (χ4v) is 3.57. The highest BCUT2D eigenvalue weighted by atomic mass is 16.5. The predicted molar refractivity (Wildman–Crippen MR) is 126 cm³/mol. The molecule has 3 aromatic carbocycles. The third-order valence-electron chi connectivity index (χ3n) is 5.24. The van der Waals surface area contributed by atoms with Gasteiger partial charge in [-0.15, -0.1) is 0 Å². The van der Waals surface area contributed by atoms with Crippen molar-refractivity contribution in [2.75, 3.05) is 26.1 Å². The van der Waals surface area contributed by atoms with Crippen LogP contribution in [0.5, 0.6) is 11.5 Å². The van der Waals surface area contributed by atoms with Crippen molar-refractivity contribution >= 4 is 22.8 Å². The number of carbonyl (C=O) groups is 1. The monoisotopic (exact) mass is 430 g/mol. The Morgan fingerprint density at radius 1 is 1.00 bits per heavy atom. The van der Waals surface area contributed by atoms with E-state index < -0.39 is 0 Å². The number of para-hydroxylation sites is 2. The van der Waals surface area contributed by atoms with E-state index >= 15 is 0 Å². The Bertz CT molecular complexity index is 1230. The number of methoxy groups -OCH3 is 2. The predicted octanol–water partition coefficient (Wildman–Crippen LogP) is 4.85. The molecule has 2 N–H and O–H groups in total. The van der Waals surface area contributed by atoms with Crippen LogP contribution >= 0.6 is 0 Å². The molecule has 7 heteroatoms. The first-order chi connectivity index (χ1) is 15.6. The summed E-state index contributed by atoms with van der Waals surface area (Å²) in [6.45, 7) is 3.08. The molecule has 0 fully saturated rings. The molecule has 1 aromatic heterocycles. The number of rotatable bonds is 7. The first-order valence-electron chi connectivity index (χ1n) is 10.4. The second-order valence-corrected chi connectivity index (χ2v) is 7.39. The third-order valence-corrected chi connectivity index (χ3v) is 5.24. The number of hydrogen-bond acceptors (Lipinski definition) is 4. The van der Waals surface area contributed by atoms with E-state index in [1.54, 1.807) is 32.4 Å². The molecule has 4 aromatic rings. The minimum absolute atomic E-state index is 0.310. The summed E-state index contributed by atoms with van der Waals surface area (Å²) in [7, 11) is 3.13. The Balaban J connectivity index is 1.48. The smallest absolute Gasteiger partial charge is 0.319 e. The summed E-state index contributed by atoms with van der Waals surface area (Å²) in [5, 5.41) is 5.74. The highest BCUT2D eigenvalue weighted by Gasteiger charge is 2.13. The summed E-state index contributed by atoms with van der Waals surface area (Å²) >= 11 is 0. The lowest BCUT2D eigenvalue weighted by molar-refractivity contribution is 0.251. The molecule has 0 saturated heterocycles. The number of nitrogens with one attached hydrogen (secondary N) is 2. The van der Waals surface area contributed by atoms with Gasteiger partial charge in [0.1, 0.15) is 17.3 Å². The van der Waals surface area contributed by atoms with Gasteiger partial charge >= 0.3 is 6.03 Å². The number of imidazole rings is 1. The summed E-state index contributed by atoms with van der Waals surface area (Å²) in [6, 6.07) is 21.2. The van der Waals surface area contributed by atoms with Crippen LogP contribution in [-0.2, 0) is 6.54 Å². The van der Waals surface area contributed by atoms with Crippen LogP contribution in [-0.4, -0.2) is 36.3 Å². The van der Waals surface area contributed by atoms with Crippen LogP contribution in [0.15, 0.2) is 66.7 Å². The molecule has 0 saturated carbocycles. The molecular weight excluding hydrogens is 404 g/mol. The van der Waals surface area contributed by atoms with Crippen LogP contribution in [0.3, 0.4) is 0 Å². The summed E-state index contributed by atoms with van der Waals surface area (Å²) in [5.41, 5.74) is 4.76. The number of aromatic nitrogens is 2. The van der Waals surface area contributed by atoms with E-state index in [-0.39, 0.29) is 6.03 Å². The zero-order valence-corrected chi connectivity index (χ0v) is 18.4. The number of aryl methyl sites for hydroxylation is 1. The van der Waals surface area contributed by atoms with Gasteiger partial charge in [-0.05, 0) is 31.2 Å². The SMILES string of the molecule is COc1ccc(NC(=O)NCCn2c(-c3ccc(C)cc3)nc3ccccc32)c(OC)c1. The van der Waals surface area contributed by atoms with E-state index in [9.17, 15) is 4.79 Å². The first kappa shape index (κ1) is 21.2. The van der Waals surface area contributed by atoms with Gasteiger partial charge in [-0.2, -0.15) is 0 Å². The number of hydrogen-bond donors (Lipinski definition) is 2. The van der Waals surface area contributed by atoms with Crippen LogP contribution < -0.4 is 20.1 Å². The van der Waals surface area contributed by atoms with Gasteiger partial charge in [-0.25, -0.2) is 9.78 Å². The van der Waals surface area contributed by atoms with Gasteiger partial charge in [-0.3, -0.25) is 0 Å². The second kappa shape index (κ2) is 9.43. The number of nitrogens with zero attached hydrogens (tertiary/aromatic N) is 2. The number of urea groups is 1. The van der Waals surface area contributed by atoms with Crippen LogP contribution in [0.1, 0.15) is 5.56 Å². The Morgan fingerprint density at radius 3 is 2.53 bits per heavy atom. The molecule has 2 amide bonds. The van der Waals surface area contributed by atoms with Crippen LogP contribution in [0.25, 0.3) is 22.4 Å². The lowest BCUT2D eigenvalue weighted by Gasteiger charge is -2.13. The molecule has 0 radical (unpaired) electrons. The zero-order chi connectivity index (χ0) is 22.5. The maximum absolute atomic E-state index is 12.5. The molecule has 0 spiro atoms. The van der Waals surface area contributed by atoms with Crippen LogP contribution in [0.4, 0.5) is 10.5 Å². The molecule has 0 aliphatic carbocycles. The van der Waals surface area contributed by atoms with Crippen molar-refractivity contribution in [3.63, 3.8) is 0 Å². The Labute approximate surface area is 187 Å². The van der Waals surface area contributed by atoms with E-state index in [1.807, 2.05) is 24.3 Å².